The molecule has 6 aromatic carbocycles. The third-order valence-corrected chi connectivity index (χ3v) is 14.9. The number of methoxy groups -OCH3 is 1. The van der Waals surface area contributed by atoms with E-state index in [1.807, 2.05) is 118 Å². The maximum absolute atomic E-state index is 16.2. The molecule has 384 valence electrons. The summed E-state index contributed by atoms with van der Waals surface area (Å²) in [7, 11) is 1.77. The Morgan fingerprint density at radius 2 is 0.903 bits per heavy atom. The van der Waals surface area contributed by atoms with E-state index in [-0.39, 0.29) is 66.9 Å². The number of alkyl halides is 2. The highest BCUT2D eigenvalue weighted by Gasteiger charge is 2.55. The summed E-state index contributed by atoms with van der Waals surface area (Å²) < 4.78 is 76.5. The van der Waals surface area contributed by atoms with Gasteiger partial charge in [-0.15, -0.1) is 0 Å². The number of benzene rings is 6. The van der Waals surface area contributed by atoms with Gasteiger partial charge in [-0.1, -0.05) is 197 Å². The number of rotatable bonds is 19. The molecule has 9 heteroatoms. The molecule has 10 unspecified atom stereocenters. The van der Waals surface area contributed by atoms with E-state index in [4.69, 9.17) is 33.2 Å². The predicted octanol–water partition coefficient (Wildman–Crippen LogP) is 14.1. The van der Waals surface area contributed by atoms with E-state index >= 15 is 8.78 Å². The fourth-order valence-electron chi connectivity index (χ4n) is 10.2. The van der Waals surface area contributed by atoms with Gasteiger partial charge in [0.05, 0.1) is 64.1 Å². The molecule has 2 aliphatic rings. The largest absolute Gasteiger partial charge is 0.374 e. The summed E-state index contributed by atoms with van der Waals surface area (Å²) in [5, 5.41) is 0. The molecular weight excluding hydrogens is 907 g/mol. The molecule has 2 heterocycles. The van der Waals surface area contributed by atoms with Crippen molar-refractivity contribution >= 4 is 0 Å². The van der Waals surface area contributed by atoms with Crippen molar-refractivity contribution < 1.29 is 41.9 Å². The average molecular weight is 983 g/mol. The molecule has 11 atom stereocenters. The van der Waals surface area contributed by atoms with Gasteiger partial charge < -0.3 is 33.2 Å². The molecule has 0 spiro atoms. The Morgan fingerprint density at radius 3 is 1.36 bits per heavy atom. The molecule has 0 radical (unpaired) electrons. The number of aryl methyl sites for hydroxylation is 4. The molecule has 0 bridgehead atoms. The molecule has 0 aliphatic carbocycles. The molecule has 2 aliphatic heterocycles. The van der Waals surface area contributed by atoms with Gasteiger partial charge in [-0.25, -0.2) is 0 Å². The predicted molar refractivity (Wildman–Crippen MR) is 282 cm³/mol. The van der Waals surface area contributed by atoms with Gasteiger partial charge in [0, 0.05) is 12.7 Å². The average Bonchev–Trinajstić information content (AvgIpc) is 3.38. The summed E-state index contributed by atoms with van der Waals surface area (Å²) in [6, 6.07) is 51.6. The number of hydrogen-bond donors (Lipinski definition) is 0. The minimum absolute atomic E-state index is 0.0166. The summed E-state index contributed by atoms with van der Waals surface area (Å²) >= 11 is 0. The zero-order valence-electron chi connectivity index (χ0n) is 43.7. The van der Waals surface area contributed by atoms with Gasteiger partial charge in [0.15, 0.2) is 6.10 Å². The normalized spacial score (nSPS) is 24.8. The fourth-order valence-corrected chi connectivity index (χ4v) is 10.2. The van der Waals surface area contributed by atoms with Crippen LogP contribution in [0.3, 0.4) is 0 Å². The van der Waals surface area contributed by atoms with Crippen LogP contribution in [0.4, 0.5) is 8.78 Å². The second kappa shape index (κ2) is 26.2. The van der Waals surface area contributed by atoms with Crippen molar-refractivity contribution in [3.63, 3.8) is 0 Å². The smallest absolute Gasteiger partial charge is 0.301 e. The monoisotopic (exact) mass is 983 g/mol. The van der Waals surface area contributed by atoms with Crippen molar-refractivity contribution in [3.8, 4) is 0 Å². The van der Waals surface area contributed by atoms with Gasteiger partial charge in [-0.2, -0.15) is 8.78 Å². The Morgan fingerprint density at radius 1 is 0.486 bits per heavy atom. The first-order valence-corrected chi connectivity index (χ1v) is 25.7. The standard InChI is InChI=1S/C32H40O4.C31H36F2O3/c1-22-16-17-28(23(2)18-22)31(33-5)32-30(35-20-27-14-10-7-11-15-27)25(4)24(3)29(36-32)21-34-19-26-12-8-6-9-13-26;1-21-15-16-27(22(2)17-21)31(32,33)30-29(35-19-26-13-9-6-10-14-26)24(4)23(3)28(36-30)20-34-18-25-11-7-5-8-12-25/h6-18,24-25,29-32H,19-21H2,1-5H3;5-17,23-24,28-30H,18-20H2,1-4H3/t24?,25?,29?,30?,31-,32?;/m1./s1. The van der Waals surface area contributed by atoms with Crippen LogP contribution >= 0.6 is 0 Å². The number of hydrogen-bond acceptors (Lipinski definition) is 7. The minimum Gasteiger partial charge on any atom is -0.374 e. The van der Waals surface area contributed by atoms with Crippen molar-refractivity contribution in [2.75, 3.05) is 20.3 Å². The van der Waals surface area contributed by atoms with Gasteiger partial charge in [0.2, 0.25) is 0 Å². The fraction of sp³-hybridized carbons (Fsp3) is 0.429. The lowest BCUT2D eigenvalue weighted by Crippen LogP contribution is -2.57. The summed E-state index contributed by atoms with van der Waals surface area (Å²) in [5.74, 6) is -2.87. The van der Waals surface area contributed by atoms with Crippen LogP contribution in [-0.2, 0) is 65.5 Å². The molecule has 6 aromatic rings. The van der Waals surface area contributed by atoms with Gasteiger partial charge in [0.1, 0.15) is 12.2 Å². The minimum atomic E-state index is -3.23. The Hall–Kier alpha value is -5.10. The highest BCUT2D eigenvalue weighted by molar-refractivity contribution is 5.35. The van der Waals surface area contributed by atoms with Crippen LogP contribution in [0.15, 0.2) is 158 Å². The maximum atomic E-state index is 16.2. The Balaban J connectivity index is 0.000000211. The van der Waals surface area contributed by atoms with E-state index in [1.165, 1.54) is 22.8 Å². The second-order valence-electron chi connectivity index (χ2n) is 20.2. The van der Waals surface area contributed by atoms with Gasteiger partial charge in [0.25, 0.3) is 0 Å². The Labute approximate surface area is 428 Å². The molecule has 0 saturated carbocycles. The van der Waals surface area contributed by atoms with Crippen molar-refractivity contribution in [2.24, 2.45) is 23.7 Å². The second-order valence-corrected chi connectivity index (χ2v) is 20.2. The first-order chi connectivity index (χ1) is 34.7. The van der Waals surface area contributed by atoms with Crippen LogP contribution < -0.4 is 0 Å². The van der Waals surface area contributed by atoms with Crippen LogP contribution in [-0.4, -0.2) is 56.9 Å². The Bertz CT molecular complexity index is 2520. The number of halogens is 2. The van der Waals surface area contributed by atoms with Crippen LogP contribution in [0.5, 0.6) is 0 Å². The molecule has 2 fully saturated rings. The third kappa shape index (κ3) is 14.1. The number of ether oxygens (including phenoxy) is 7. The van der Waals surface area contributed by atoms with E-state index in [1.54, 1.807) is 26.2 Å². The molecule has 0 N–H and O–H groups in total. The van der Waals surface area contributed by atoms with Crippen molar-refractivity contribution in [1.29, 1.82) is 0 Å². The molecule has 0 amide bonds. The van der Waals surface area contributed by atoms with E-state index in [0.717, 1.165) is 27.8 Å². The van der Waals surface area contributed by atoms with Gasteiger partial charge >= 0.3 is 5.92 Å². The molecule has 72 heavy (non-hydrogen) atoms. The van der Waals surface area contributed by atoms with Gasteiger partial charge in [-0.3, -0.25) is 0 Å². The summed E-state index contributed by atoms with van der Waals surface area (Å²) in [5.41, 5.74) is 9.37. The summed E-state index contributed by atoms with van der Waals surface area (Å²) in [4.78, 5) is 0. The van der Waals surface area contributed by atoms with Crippen LogP contribution in [0, 0.1) is 51.4 Å². The van der Waals surface area contributed by atoms with E-state index in [9.17, 15) is 0 Å². The van der Waals surface area contributed by atoms with Crippen molar-refractivity contribution in [3.05, 3.63) is 213 Å². The van der Waals surface area contributed by atoms with Crippen molar-refractivity contribution in [1.82, 2.24) is 0 Å². The van der Waals surface area contributed by atoms with Crippen molar-refractivity contribution in [2.45, 2.75) is 130 Å². The molecular formula is C63H76F2O7. The highest BCUT2D eigenvalue weighted by atomic mass is 19.3. The van der Waals surface area contributed by atoms with Crippen LogP contribution in [0.25, 0.3) is 0 Å². The zero-order chi connectivity index (χ0) is 51.2. The molecule has 2 saturated heterocycles. The van der Waals surface area contributed by atoms with Gasteiger partial charge in [-0.05, 0) is 90.3 Å². The van der Waals surface area contributed by atoms with Crippen LogP contribution in [0.2, 0.25) is 0 Å². The highest BCUT2D eigenvalue weighted by Crippen LogP contribution is 2.46. The molecule has 0 aromatic heterocycles. The SMILES string of the molecule is CO[C@H](c1ccc(C)cc1C)C1OC(COCc2ccccc2)C(C)C(C)C1OCc1ccccc1.Cc1ccc(C(F)(F)C2OC(COCc3ccccc3)C(C)C(C)C2OCc2ccccc2)c(C)c1. The van der Waals surface area contributed by atoms with E-state index < -0.39 is 24.2 Å². The Kier molecular flexibility index (Phi) is 19.9. The molecule has 7 nitrogen and oxygen atoms in total. The lowest BCUT2D eigenvalue weighted by molar-refractivity contribution is -0.271. The van der Waals surface area contributed by atoms with Crippen LogP contribution in [0.1, 0.15) is 89.4 Å². The maximum Gasteiger partial charge on any atom is 0.301 e. The summed E-state index contributed by atoms with van der Waals surface area (Å²) in [6.45, 7) is 19.0. The van der Waals surface area contributed by atoms with E-state index in [2.05, 4.69) is 70.2 Å². The lowest BCUT2D eigenvalue weighted by atomic mass is 9.78. The first kappa shape index (κ1) is 54.7. The summed E-state index contributed by atoms with van der Waals surface area (Å²) in [6.07, 6.45) is -3.33. The topological polar surface area (TPSA) is 64.6 Å². The third-order valence-electron chi connectivity index (χ3n) is 14.9. The molecule has 8 rings (SSSR count). The first-order valence-electron chi connectivity index (χ1n) is 25.7. The lowest BCUT2D eigenvalue weighted by Gasteiger charge is -2.47. The quantitative estimate of drug-likeness (QED) is 0.0801. The zero-order valence-corrected chi connectivity index (χ0v) is 43.7. The van der Waals surface area contributed by atoms with E-state index in [0.29, 0.717) is 32.0 Å².